The number of aromatic nitrogens is 1. The SMILES string of the molecule is Cc1ccc(Br)c2c(Br)cnc(Cl)c12. The molecule has 0 amide bonds. The Morgan fingerprint density at radius 1 is 1.14 bits per heavy atom. The van der Waals surface area contributed by atoms with Gasteiger partial charge in [-0.1, -0.05) is 33.6 Å². The molecule has 0 saturated heterocycles. The molecule has 0 aliphatic rings. The van der Waals surface area contributed by atoms with Crippen LogP contribution in [0.4, 0.5) is 0 Å². The Morgan fingerprint density at radius 3 is 2.50 bits per heavy atom. The minimum absolute atomic E-state index is 0.544. The summed E-state index contributed by atoms with van der Waals surface area (Å²) >= 11 is 13.0. The van der Waals surface area contributed by atoms with Crippen molar-refractivity contribution >= 4 is 54.2 Å². The zero-order valence-electron chi connectivity index (χ0n) is 7.31. The second-order valence-electron chi connectivity index (χ2n) is 3.01. The fraction of sp³-hybridized carbons (Fsp3) is 0.100. The molecule has 1 nitrogen and oxygen atoms in total. The van der Waals surface area contributed by atoms with Crippen LogP contribution in [-0.4, -0.2) is 4.98 Å². The normalized spacial score (nSPS) is 10.9. The van der Waals surface area contributed by atoms with E-state index in [1.165, 1.54) is 0 Å². The van der Waals surface area contributed by atoms with Crippen LogP contribution in [0, 0.1) is 6.92 Å². The van der Waals surface area contributed by atoms with Crippen LogP contribution in [0.3, 0.4) is 0 Å². The van der Waals surface area contributed by atoms with E-state index < -0.39 is 0 Å². The molecular formula is C10H6Br2ClN. The molecule has 0 unspecified atom stereocenters. The smallest absolute Gasteiger partial charge is 0.137 e. The Balaban J connectivity index is 3.05. The third kappa shape index (κ3) is 1.58. The number of rotatable bonds is 0. The summed E-state index contributed by atoms with van der Waals surface area (Å²) in [7, 11) is 0. The average molecular weight is 335 g/mol. The van der Waals surface area contributed by atoms with Crippen LogP contribution >= 0.6 is 43.5 Å². The second kappa shape index (κ2) is 3.80. The van der Waals surface area contributed by atoms with Gasteiger partial charge in [-0.3, -0.25) is 0 Å². The molecule has 0 bridgehead atoms. The van der Waals surface area contributed by atoms with Gasteiger partial charge in [0.25, 0.3) is 0 Å². The largest absolute Gasteiger partial charge is 0.243 e. The van der Waals surface area contributed by atoms with Gasteiger partial charge in [-0.05, 0) is 34.5 Å². The number of nitrogens with zero attached hydrogens (tertiary/aromatic N) is 1. The lowest BCUT2D eigenvalue weighted by Crippen LogP contribution is -1.86. The molecule has 1 heterocycles. The summed E-state index contributed by atoms with van der Waals surface area (Å²) in [6.07, 6.45) is 1.72. The zero-order valence-corrected chi connectivity index (χ0v) is 11.2. The molecule has 1 aromatic carbocycles. The van der Waals surface area contributed by atoms with Crippen molar-refractivity contribution in [1.29, 1.82) is 0 Å². The van der Waals surface area contributed by atoms with E-state index >= 15 is 0 Å². The third-order valence-electron chi connectivity index (χ3n) is 2.10. The molecule has 72 valence electrons. The second-order valence-corrected chi connectivity index (χ2v) is 5.08. The van der Waals surface area contributed by atoms with E-state index in [1.54, 1.807) is 6.20 Å². The Morgan fingerprint density at radius 2 is 1.86 bits per heavy atom. The Labute approximate surface area is 104 Å². The first-order chi connectivity index (χ1) is 6.61. The molecule has 0 aliphatic heterocycles. The predicted octanol–water partition coefficient (Wildman–Crippen LogP) is 4.72. The van der Waals surface area contributed by atoms with Gasteiger partial charge in [0.05, 0.1) is 0 Å². The summed E-state index contributed by atoms with van der Waals surface area (Å²) < 4.78 is 1.97. The molecule has 0 fully saturated rings. The van der Waals surface area contributed by atoms with Crippen LogP contribution in [0.2, 0.25) is 5.15 Å². The van der Waals surface area contributed by atoms with Crippen LogP contribution < -0.4 is 0 Å². The highest BCUT2D eigenvalue weighted by Gasteiger charge is 2.09. The Kier molecular flexibility index (Phi) is 2.82. The maximum Gasteiger partial charge on any atom is 0.137 e. The van der Waals surface area contributed by atoms with Gasteiger partial charge in [0.2, 0.25) is 0 Å². The molecule has 2 rings (SSSR count). The van der Waals surface area contributed by atoms with E-state index in [0.717, 1.165) is 25.3 Å². The highest BCUT2D eigenvalue weighted by Crippen LogP contribution is 2.35. The van der Waals surface area contributed by atoms with Crippen molar-refractivity contribution in [3.05, 3.63) is 38.0 Å². The average Bonchev–Trinajstić information content (AvgIpc) is 2.16. The number of hydrogen-bond acceptors (Lipinski definition) is 1. The molecule has 0 spiro atoms. The maximum absolute atomic E-state index is 6.05. The van der Waals surface area contributed by atoms with Gasteiger partial charge in [0.15, 0.2) is 0 Å². The molecule has 0 saturated carbocycles. The molecular weight excluding hydrogens is 329 g/mol. The van der Waals surface area contributed by atoms with Crippen LogP contribution in [0.5, 0.6) is 0 Å². The summed E-state index contributed by atoms with van der Waals surface area (Å²) in [5.41, 5.74) is 1.13. The summed E-state index contributed by atoms with van der Waals surface area (Å²) in [5.74, 6) is 0. The first kappa shape index (κ1) is 10.4. The zero-order chi connectivity index (χ0) is 10.3. The van der Waals surface area contributed by atoms with Crippen molar-refractivity contribution in [1.82, 2.24) is 4.98 Å². The number of halogens is 3. The fourth-order valence-electron chi connectivity index (χ4n) is 1.42. The van der Waals surface area contributed by atoms with E-state index in [1.807, 2.05) is 19.1 Å². The molecule has 0 N–H and O–H groups in total. The number of pyridine rings is 1. The van der Waals surface area contributed by atoms with E-state index in [4.69, 9.17) is 11.6 Å². The van der Waals surface area contributed by atoms with Crippen LogP contribution in [0.1, 0.15) is 5.56 Å². The number of fused-ring (bicyclic) bond motifs is 1. The minimum Gasteiger partial charge on any atom is -0.243 e. The van der Waals surface area contributed by atoms with Crippen LogP contribution in [0.25, 0.3) is 10.8 Å². The van der Waals surface area contributed by atoms with Gasteiger partial charge < -0.3 is 0 Å². The highest BCUT2D eigenvalue weighted by molar-refractivity contribution is 9.11. The Hall–Kier alpha value is -0.120. The predicted molar refractivity (Wildman–Crippen MR) is 66.9 cm³/mol. The summed E-state index contributed by atoms with van der Waals surface area (Å²) in [4.78, 5) is 4.11. The molecule has 2 aromatic rings. The van der Waals surface area contributed by atoms with Crippen molar-refractivity contribution < 1.29 is 0 Å². The third-order valence-corrected chi connectivity index (χ3v) is 3.65. The van der Waals surface area contributed by atoms with Gasteiger partial charge in [0, 0.05) is 25.9 Å². The van der Waals surface area contributed by atoms with Gasteiger partial charge in [0.1, 0.15) is 5.15 Å². The summed E-state index contributed by atoms with van der Waals surface area (Å²) in [6, 6.07) is 4.03. The lowest BCUT2D eigenvalue weighted by Gasteiger charge is -2.07. The van der Waals surface area contributed by atoms with Crippen molar-refractivity contribution in [2.75, 3.05) is 0 Å². The van der Waals surface area contributed by atoms with Gasteiger partial charge >= 0.3 is 0 Å². The standard InChI is InChI=1S/C10H6Br2ClN/c1-5-2-3-6(11)9-7(12)4-14-10(13)8(5)9/h2-4H,1H3. The highest BCUT2D eigenvalue weighted by atomic mass is 79.9. The first-order valence-electron chi connectivity index (χ1n) is 4.00. The molecule has 14 heavy (non-hydrogen) atoms. The maximum atomic E-state index is 6.05. The summed E-state index contributed by atoms with van der Waals surface area (Å²) in [6.45, 7) is 2.02. The van der Waals surface area contributed by atoms with E-state index in [-0.39, 0.29) is 0 Å². The summed E-state index contributed by atoms with van der Waals surface area (Å²) in [5, 5.41) is 2.61. The van der Waals surface area contributed by atoms with E-state index in [0.29, 0.717) is 5.15 Å². The molecule has 4 heteroatoms. The van der Waals surface area contributed by atoms with Gasteiger partial charge in [-0.2, -0.15) is 0 Å². The van der Waals surface area contributed by atoms with E-state index in [9.17, 15) is 0 Å². The topological polar surface area (TPSA) is 12.9 Å². The first-order valence-corrected chi connectivity index (χ1v) is 5.96. The van der Waals surface area contributed by atoms with E-state index in [2.05, 4.69) is 36.8 Å². The molecule has 0 aliphatic carbocycles. The fourth-order valence-corrected chi connectivity index (χ4v) is 3.04. The van der Waals surface area contributed by atoms with Crippen molar-refractivity contribution in [3.63, 3.8) is 0 Å². The van der Waals surface area contributed by atoms with Gasteiger partial charge in [-0.25, -0.2) is 4.98 Å². The number of benzene rings is 1. The monoisotopic (exact) mass is 333 g/mol. The lowest BCUT2D eigenvalue weighted by molar-refractivity contribution is 1.33. The van der Waals surface area contributed by atoms with Crippen molar-refractivity contribution in [2.24, 2.45) is 0 Å². The number of hydrogen-bond donors (Lipinski definition) is 0. The quantitative estimate of drug-likeness (QED) is 0.635. The Bertz CT molecular complexity index is 422. The molecule has 0 radical (unpaired) electrons. The van der Waals surface area contributed by atoms with Gasteiger partial charge in [-0.15, -0.1) is 0 Å². The molecule has 0 atom stereocenters. The lowest BCUT2D eigenvalue weighted by atomic mass is 10.1. The minimum atomic E-state index is 0.544. The molecule has 1 aromatic heterocycles. The van der Waals surface area contributed by atoms with Crippen LogP contribution in [-0.2, 0) is 0 Å². The van der Waals surface area contributed by atoms with Crippen LogP contribution in [0.15, 0.2) is 27.3 Å². The van der Waals surface area contributed by atoms with Crippen molar-refractivity contribution in [3.8, 4) is 0 Å². The van der Waals surface area contributed by atoms with Crippen molar-refractivity contribution in [2.45, 2.75) is 6.92 Å². The number of aryl methyl sites for hydroxylation is 1.